The second-order valence-corrected chi connectivity index (χ2v) is 5.31. The Morgan fingerprint density at radius 2 is 2.20 bits per heavy atom. The van der Waals surface area contributed by atoms with E-state index in [4.69, 9.17) is 5.11 Å². The fraction of sp³-hybridized carbons (Fsp3) is 0.471. The Kier molecular flexibility index (Phi) is 5.20. The summed E-state index contributed by atoms with van der Waals surface area (Å²) in [6, 6.07) is 7.65. The van der Waals surface area contributed by atoms with Crippen molar-refractivity contribution in [2.24, 2.45) is 5.92 Å². The quantitative estimate of drug-likeness (QED) is 0.829. The highest BCUT2D eigenvalue weighted by atomic mass is 16.2. The second-order valence-electron chi connectivity index (χ2n) is 5.31. The minimum absolute atomic E-state index is 0.0426. The third-order valence-corrected chi connectivity index (χ3v) is 3.81. The molecular weight excluding hydrogens is 250 g/mol. The fourth-order valence-electron chi connectivity index (χ4n) is 2.61. The third kappa shape index (κ3) is 3.61. The zero-order chi connectivity index (χ0) is 14.4. The van der Waals surface area contributed by atoms with Gasteiger partial charge in [-0.1, -0.05) is 37.3 Å². The number of rotatable bonds is 3. The van der Waals surface area contributed by atoms with Gasteiger partial charge in [0.1, 0.15) is 0 Å². The minimum Gasteiger partial charge on any atom is -0.395 e. The summed E-state index contributed by atoms with van der Waals surface area (Å²) < 4.78 is 0. The molecule has 1 aromatic rings. The zero-order valence-electron chi connectivity index (χ0n) is 11.9. The maximum absolute atomic E-state index is 12.4. The number of nitrogens with one attached hydrogen (secondary N) is 1. The van der Waals surface area contributed by atoms with Gasteiger partial charge in [-0.25, -0.2) is 0 Å². The summed E-state index contributed by atoms with van der Waals surface area (Å²) in [6.07, 6.45) is 3.86. The van der Waals surface area contributed by atoms with Crippen LogP contribution in [0.25, 0.3) is 0 Å². The maximum atomic E-state index is 12.4. The highest BCUT2D eigenvalue weighted by Crippen LogP contribution is 2.25. The molecule has 20 heavy (non-hydrogen) atoms. The van der Waals surface area contributed by atoms with E-state index in [1.165, 1.54) is 12.8 Å². The van der Waals surface area contributed by atoms with Gasteiger partial charge >= 0.3 is 0 Å². The summed E-state index contributed by atoms with van der Waals surface area (Å²) in [5.74, 6) is 6.33. The van der Waals surface area contributed by atoms with Crippen LogP contribution in [0.5, 0.6) is 0 Å². The van der Waals surface area contributed by atoms with Gasteiger partial charge in [0.15, 0.2) is 0 Å². The average molecular weight is 271 g/mol. The summed E-state index contributed by atoms with van der Waals surface area (Å²) in [7, 11) is 0. The van der Waals surface area contributed by atoms with Gasteiger partial charge in [0.2, 0.25) is 0 Å². The molecule has 0 spiro atoms. The largest absolute Gasteiger partial charge is 0.395 e. The number of aliphatic hydroxyl groups is 1. The second kappa shape index (κ2) is 7.12. The summed E-state index contributed by atoms with van der Waals surface area (Å²) in [6.45, 7) is 2.23. The Balaban J connectivity index is 2.11. The van der Waals surface area contributed by atoms with E-state index < -0.39 is 0 Å². The minimum atomic E-state index is -0.0438. The van der Waals surface area contributed by atoms with Gasteiger partial charge < -0.3 is 10.4 Å². The smallest absolute Gasteiger partial charge is 0.252 e. The van der Waals surface area contributed by atoms with Crippen LogP contribution < -0.4 is 5.32 Å². The van der Waals surface area contributed by atoms with Crippen LogP contribution in [0.1, 0.15) is 48.5 Å². The van der Waals surface area contributed by atoms with E-state index in [1.54, 1.807) is 6.07 Å². The van der Waals surface area contributed by atoms with Crippen LogP contribution in [-0.2, 0) is 0 Å². The first-order chi connectivity index (χ1) is 9.72. The first kappa shape index (κ1) is 14.6. The van der Waals surface area contributed by atoms with Crippen molar-refractivity contribution in [1.82, 2.24) is 5.32 Å². The van der Waals surface area contributed by atoms with E-state index in [-0.39, 0.29) is 18.6 Å². The Morgan fingerprint density at radius 3 is 2.90 bits per heavy atom. The summed E-state index contributed by atoms with van der Waals surface area (Å²) in [4.78, 5) is 12.4. The Morgan fingerprint density at radius 1 is 1.40 bits per heavy atom. The zero-order valence-corrected chi connectivity index (χ0v) is 11.9. The molecule has 1 amide bonds. The van der Waals surface area contributed by atoms with E-state index in [0.717, 1.165) is 12.0 Å². The van der Waals surface area contributed by atoms with Crippen molar-refractivity contribution in [2.75, 3.05) is 6.61 Å². The molecule has 2 N–H and O–H groups in total. The molecule has 2 rings (SSSR count). The lowest BCUT2D eigenvalue weighted by molar-refractivity contribution is 0.0929. The van der Waals surface area contributed by atoms with Crippen molar-refractivity contribution >= 4 is 5.91 Å². The summed E-state index contributed by atoms with van der Waals surface area (Å²) in [5, 5.41) is 11.9. The molecule has 2 unspecified atom stereocenters. The lowest BCUT2D eigenvalue weighted by atomic mass is 10.0. The topological polar surface area (TPSA) is 49.3 Å². The maximum Gasteiger partial charge on any atom is 0.252 e. The normalized spacial score (nSPS) is 21.1. The number of benzene rings is 1. The van der Waals surface area contributed by atoms with Crippen LogP contribution in [-0.4, -0.2) is 23.7 Å². The van der Waals surface area contributed by atoms with Gasteiger partial charge in [-0.3, -0.25) is 4.79 Å². The molecule has 1 aliphatic carbocycles. The fourth-order valence-corrected chi connectivity index (χ4v) is 2.61. The number of carbonyl (C=O) groups is 1. The van der Waals surface area contributed by atoms with E-state index in [0.29, 0.717) is 17.9 Å². The van der Waals surface area contributed by atoms with E-state index in [9.17, 15) is 4.79 Å². The highest BCUT2D eigenvalue weighted by molar-refractivity contribution is 5.96. The highest BCUT2D eigenvalue weighted by Gasteiger charge is 2.25. The van der Waals surface area contributed by atoms with Gasteiger partial charge in [-0.2, -0.15) is 0 Å². The molecule has 1 fully saturated rings. The lowest BCUT2D eigenvalue weighted by Gasteiger charge is -2.17. The van der Waals surface area contributed by atoms with Crippen LogP contribution in [0.4, 0.5) is 0 Å². The van der Waals surface area contributed by atoms with Crippen LogP contribution in [0, 0.1) is 17.8 Å². The Hall–Kier alpha value is -1.79. The first-order valence-corrected chi connectivity index (χ1v) is 7.22. The number of aliphatic hydroxyl groups excluding tert-OH is 1. The molecule has 0 bridgehead atoms. The van der Waals surface area contributed by atoms with E-state index >= 15 is 0 Å². The van der Waals surface area contributed by atoms with Crippen LogP contribution in [0.3, 0.4) is 0 Å². The van der Waals surface area contributed by atoms with Crippen molar-refractivity contribution in [3.63, 3.8) is 0 Å². The first-order valence-electron chi connectivity index (χ1n) is 7.22. The number of hydrogen-bond donors (Lipinski definition) is 2. The van der Waals surface area contributed by atoms with E-state index in [2.05, 4.69) is 24.1 Å². The van der Waals surface area contributed by atoms with Crippen molar-refractivity contribution in [3.8, 4) is 11.8 Å². The molecule has 1 saturated carbocycles. The lowest BCUT2D eigenvalue weighted by Crippen LogP contribution is -2.36. The van der Waals surface area contributed by atoms with Crippen LogP contribution in [0.2, 0.25) is 0 Å². The molecule has 106 valence electrons. The standard InChI is InChI=1S/C17H21NO2/c1-13-7-6-11-16(13)18-17(20)15-10-3-2-8-14(15)9-4-5-12-19/h2-3,8,10,13,16,19H,5-7,11-12H2,1H3,(H,18,20). The van der Waals surface area contributed by atoms with Gasteiger partial charge in [-0.05, 0) is 30.9 Å². The molecule has 0 saturated heterocycles. The number of carbonyl (C=O) groups excluding carboxylic acids is 1. The molecule has 3 heteroatoms. The van der Waals surface area contributed by atoms with Crippen LogP contribution >= 0.6 is 0 Å². The summed E-state index contributed by atoms with van der Waals surface area (Å²) >= 11 is 0. The van der Waals surface area contributed by atoms with Crippen molar-refractivity contribution < 1.29 is 9.90 Å². The Labute approximate surface area is 120 Å². The van der Waals surface area contributed by atoms with E-state index in [1.807, 2.05) is 18.2 Å². The van der Waals surface area contributed by atoms with Gasteiger partial charge in [0.25, 0.3) is 5.91 Å². The van der Waals surface area contributed by atoms with Crippen LogP contribution in [0.15, 0.2) is 24.3 Å². The molecule has 2 atom stereocenters. The molecule has 1 aliphatic rings. The number of amides is 1. The third-order valence-electron chi connectivity index (χ3n) is 3.81. The average Bonchev–Trinajstić information content (AvgIpc) is 2.85. The van der Waals surface area contributed by atoms with Crippen molar-refractivity contribution in [3.05, 3.63) is 35.4 Å². The predicted molar refractivity (Wildman–Crippen MR) is 79.3 cm³/mol. The molecular formula is C17H21NO2. The molecule has 1 aromatic carbocycles. The predicted octanol–water partition coefficient (Wildman–Crippen LogP) is 2.34. The van der Waals surface area contributed by atoms with Gasteiger partial charge in [0, 0.05) is 18.0 Å². The molecule has 0 aromatic heterocycles. The van der Waals surface area contributed by atoms with Gasteiger partial charge in [0.05, 0.1) is 12.2 Å². The monoisotopic (exact) mass is 271 g/mol. The Bertz CT molecular complexity index is 527. The molecule has 0 aliphatic heterocycles. The molecule has 0 radical (unpaired) electrons. The SMILES string of the molecule is CC1CCCC1NC(=O)c1ccccc1C#CCCO. The van der Waals surface area contributed by atoms with Crippen molar-refractivity contribution in [2.45, 2.75) is 38.6 Å². The summed E-state index contributed by atoms with van der Waals surface area (Å²) in [5.41, 5.74) is 1.35. The molecule has 3 nitrogen and oxygen atoms in total. The number of hydrogen-bond acceptors (Lipinski definition) is 2. The van der Waals surface area contributed by atoms with Crippen molar-refractivity contribution in [1.29, 1.82) is 0 Å². The molecule has 0 heterocycles. The van der Waals surface area contributed by atoms with Gasteiger partial charge in [-0.15, -0.1) is 0 Å².